The number of carbonyl (C=O) groups excluding carboxylic acids is 2. The summed E-state index contributed by atoms with van der Waals surface area (Å²) >= 11 is 0. The average molecular weight is 243 g/mol. The van der Waals surface area contributed by atoms with E-state index in [0.717, 1.165) is 12.8 Å². The minimum Gasteiger partial charge on any atom is -0.468 e. The van der Waals surface area contributed by atoms with Crippen molar-refractivity contribution in [3.8, 4) is 0 Å². The molecule has 2 unspecified atom stereocenters. The predicted molar refractivity (Wildman–Crippen MR) is 62.4 cm³/mol. The van der Waals surface area contributed by atoms with Crippen LogP contribution in [-0.4, -0.2) is 49.7 Å². The van der Waals surface area contributed by atoms with Crippen LogP contribution < -0.4 is 0 Å². The summed E-state index contributed by atoms with van der Waals surface area (Å²) in [6.45, 7) is 5.01. The molecule has 0 spiro atoms. The van der Waals surface area contributed by atoms with Gasteiger partial charge in [0.25, 0.3) is 0 Å². The number of amides is 1. The molecule has 0 bridgehead atoms. The Balaban J connectivity index is 2.56. The van der Waals surface area contributed by atoms with Crippen LogP contribution in [0.25, 0.3) is 0 Å². The summed E-state index contributed by atoms with van der Waals surface area (Å²) < 4.78 is 9.98. The fraction of sp³-hybridized carbons (Fsp3) is 0.833. The highest BCUT2D eigenvalue weighted by atomic mass is 16.5. The van der Waals surface area contributed by atoms with Gasteiger partial charge in [0, 0.05) is 6.54 Å². The number of nitrogens with zero attached hydrogens (tertiary/aromatic N) is 1. The van der Waals surface area contributed by atoms with E-state index >= 15 is 0 Å². The van der Waals surface area contributed by atoms with E-state index < -0.39 is 0 Å². The third-order valence-corrected chi connectivity index (χ3v) is 2.90. The molecule has 1 amide bonds. The van der Waals surface area contributed by atoms with E-state index in [1.807, 2.05) is 13.8 Å². The van der Waals surface area contributed by atoms with E-state index in [-0.39, 0.29) is 30.4 Å². The van der Waals surface area contributed by atoms with Gasteiger partial charge in [0.15, 0.2) is 0 Å². The molecule has 1 aliphatic rings. The lowest BCUT2D eigenvalue weighted by atomic mass is 10.0. The lowest BCUT2D eigenvalue weighted by Gasteiger charge is -2.23. The zero-order valence-electron chi connectivity index (χ0n) is 10.8. The van der Waals surface area contributed by atoms with Crippen LogP contribution in [-0.2, 0) is 19.1 Å². The van der Waals surface area contributed by atoms with E-state index in [1.54, 1.807) is 4.90 Å². The molecule has 0 N–H and O–H groups in total. The molecule has 5 heteroatoms. The van der Waals surface area contributed by atoms with Crippen LogP contribution in [0.5, 0.6) is 0 Å². The normalized spacial score (nSPS) is 23.5. The fourth-order valence-corrected chi connectivity index (χ4v) is 2.00. The summed E-state index contributed by atoms with van der Waals surface area (Å²) in [6, 6.07) is 0. The van der Waals surface area contributed by atoms with Crippen molar-refractivity contribution in [2.45, 2.75) is 32.8 Å². The summed E-state index contributed by atoms with van der Waals surface area (Å²) in [6.07, 6.45) is 1.69. The van der Waals surface area contributed by atoms with E-state index in [4.69, 9.17) is 4.74 Å². The summed E-state index contributed by atoms with van der Waals surface area (Å²) in [4.78, 5) is 25.0. The minimum absolute atomic E-state index is 0.00148. The summed E-state index contributed by atoms with van der Waals surface area (Å²) in [5.41, 5.74) is 0. The maximum absolute atomic E-state index is 12.2. The first kappa shape index (κ1) is 14.0. The summed E-state index contributed by atoms with van der Waals surface area (Å²) in [5.74, 6) is -0.485. The van der Waals surface area contributed by atoms with Crippen LogP contribution in [0.4, 0.5) is 0 Å². The number of hydrogen-bond donors (Lipinski definition) is 0. The molecule has 2 atom stereocenters. The molecule has 1 heterocycles. The van der Waals surface area contributed by atoms with Gasteiger partial charge in [-0.15, -0.1) is 0 Å². The average Bonchev–Trinajstić information content (AvgIpc) is 2.74. The van der Waals surface area contributed by atoms with E-state index in [1.165, 1.54) is 7.11 Å². The van der Waals surface area contributed by atoms with Crippen LogP contribution in [0, 0.1) is 5.92 Å². The van der Waals surface area contributed by atoms with Gasteiger partial charge in [0.05, 0.1) is 25.7 Å². The van der Waals surface area contributed by atoms with E-state index in [2.05, 4.69) is 4.74 Å². The second-order valence-electron chi connectivity index (χ2n) is 4.41. The smallest absolute Gasteiger partial charge is 0.325 e. The topological polar surface area (TPSA) is 55.8 Å². The summed E-state index contributed by atoms with van der Waals surface area (Å²) in [5, 5.41) is 0. The number of carbonyl (C=O) groups is 2. The molecule has 1 rings (SSSR count). The SMILES string of the molecule is CCCN(CC(=O)OC)C(=O)C1COC(C)C1. The lowest BCUT2D eigenvalue weighted by molar-refractivity contribution is -0.148. The predicted octanol–water partition coefficient (Wildman–Crippen LogP) is 0.823. The molecule has 0 saturated carbocycles. The Morgan fingerprint density at radius 3 is 2.65 bits per heavy atom. The van der Waals surface area contributed by atoms with Crippen molar-refractivity contribution in [3.05, 3.63) is 0 Å². The lowest BCUT2D eigenvalue weighted by Crippen LogP contribution is -2.40. The molecule has 98 valence electrons. The fourth-order valence-electron chi connectivity index (χ4n) is 2.00. The van der Waals surface area contributed by atoms with Gasteiger partial charge >= 0.3 is 5.97 Å². The van der Waals surface area contributed by atoms with Gasteiger partial charge in [0.2, 0.25) is 5.91 Å². The molecule has 0 aromatic carbocycles. The number of rotatable bonds is 5. The van der Waals surface area contributed by atoms with Crippen molar-refractivity contribution in [1.29, 1.82) is 0 Å². The Morgan fingerprint density at radius 2 is 2.18 bits per heavy atom. The van der Waals surface area contributed by atoms with Crippen LogP contribution in [0.2, 0.25) is 0 Å². The van der Waals surface area contributed by atoms with Crippen molar-refractivity contribution in [2.24, 2.45) is 5.92 Å². The first-order valence-electron chi connectivity index (χ1n) is 6.05. The Kier molecular flexibility index (Phi) is 5.41. The van der Waals surface area contributed by atoms with Crippen molar-refractivity contribution in [3.63, 3.8) is 0 Å². The number of ether oxygens (including phenoxy) is 2. The van der Waals surface area contributed by atoms with Gasteiger partial charge in [-0.05, 0) is 19.8 Å². The monoisotopic (exact) mass is 243 g/mol. The minimum atomic E-state index is -0.376. The highest BCUT2D eigenvalue weighted by Crippen LogP contribution is 2.21. The van der Waals surface area contributed by atoms with Gasteiger partial charge in [0.1, 0.15) is 6.54 Å². The van der Waals surface area contributed by atoms with E-state index in [9.17, 15) is 9.59 Å². The van der Waals surface area contributed by atoms with Gasteiger partial charge in [-0.1, -0.05) is 6.92 Å². The molecule has 0 aromatic rings. The zero-order chi connectivity index (χ0) is 12.8. The first-order chi connectivity index (χ1) is 8.08. The molecule has 0 aliphatic carbocycles. The van der Waals surface area contributed by atoms with Crippen LogP contribution in [0.1, 0.15) is 26.7 Å². The molecule has 17 heavy (non-hydrogen) atoms. The third-order valence-electron chi connectivity index (χ3n) is 2.90. The van der Waals surface area contributed by atoms with Crippen LogP contribution in [0.3, 0.4) is 0 Å². The molecule has 1 fully saturated rings. The first-order valence-corrected chi connectivity index (χ1v) is 6.05. The number of methoxy groups -OCH3 is 1. The maximum atomic E-state index is 12.2. The van der Waals surface area contributed by atoms with Gasteiger partial charge in [-0.25, -0.2) is 0 Å². The van der Waals surface area contributed by atoms with Gasteiger partial charge in [-0.3, -0.25) is 9.59 Å². The van der Waals surface area contributed by atoms with Gasteiger partial charge in [-0.2, -0.15) is 0 Å². The number of hydrogen-bond acceptors (Lipinski definition) is 4. The molecule has 5 nitrogen and oxygen atoms in total. The van der Waals surface area contributed by atoms with Crippen molar-refractivity contribution in [1.82, 2.24) is 4.90 Å². The molecular formula is C12H21NO4. The van der Waals surface area contributed by atoms with Crippen molar-refractivity contribution in [2.75, 3.05) is 26.8 Å². The maximum Gasteiger partial charge on any atom is 0.325 e. The molecule has 0 aromatic heterocycles. The Hall–Kier alpha value is -1.10. The quantitative estimate of drug-likeness (QED) is 0.671. The number of esters is 1. The highest BCUT2D eigenvalue weighted by Gasteiger charge is 2.32. The molecular weight excluding hydrogens is 222 g/mol. The van der Waals surface area contributed by atoms with Crippen molar-refractivity contribution < 1.29 is 19.1 Å². The molecule has 1 saturated heterocycles. The Labute approximate surface area is 102 Å². The second-order valence-corrected chi connectivity index (χ2v) is 4.41. The highest BCUT2D eigenvalue weighted by molar-refractivity contribution is 5.83. The standard InChI is InChI=1S/C12H21NO4/c1-4-5-13(7-11(14)16-3)12(15)10-6-9(2)17-8-10/h9-10H,4-8H2,1-3H3. The third kappa shape index (κ3) is 4.00. The van der Waals surface area contributed by atoms with Crippen LogP contribution >= 0.6 is 0 Å². The Morgan fingerprint density at radius 1 is 1.47 bits per heavy atom. The Bertz CT molecular complexity index is 280. The van der Waals surface area contributed by atoms with Crippen LogP contribution in [0.15, 0.2) is 0 Å². The molecule has 0 radical (unpaired) electrons. The largest absolute Gasteiger partial charge is 0.468 e. The molecule has 1 aliphatic heterocycles. The van der Waals surface area contributed by atoms with Gasteiger partial charge < -0.3 is 14.4 Å². The second kappa shape index (κ2) is 6.59. The summed E-state index contributed by atoms with van der Waals surface area (Å²) in [7, 11) is 1.33. The van der Waals surface area contributed by atoms with E-state index in [0.29, 0.717) is 13.2 Å². The zero-order valence-corrected chi connectivity index (χ0v) is 10.8. The van der Waals surface area contributed by atoms with Crippen molar-refractivity contribution >= 4 is 11.9 Å².